The Morgan fingerprint density at radius 2 is 1.92 bits per heavy atom. The number of nitrogens with one attached hydrogen (secondary N) is 2. The first-order valence-electron chi connectivity index (χ1n) is 8.19. The molecule has 0 amide bonds. The van der Waals surface area contributed by atoms with Gasteiger partial charge in [-0.05, 0) is 32.1 Å². The van der Waals surface area contributed by atoms with E-state index in [2.05, 4.69) is 15.6 Å². The van der Waals surface area contributed by atoms with Crippen LogP contribution in [0, 0.1) is 0 Å². The maximum absolute atomic E-state index is 12.3. The Bertz CT molecular complexity index is 580. The van der Waals surface area contributed by atoms with Gasteiger partial charge in [-0.2, -0.15) is 13.2 Å². The molecule has 0 aliphatic carbocycles. The largest absolute Gasteiger partial charge is 0.497 e. The minimum Gasteiger partial charge on any atom is -0.497 e. The number of benzene rings is 1. The number of rotatable bonds is 9. The second-order valence-corrected chi connectivity index (χ2v) is 5.74. The zero-order valence-electron chi connectivity index (χ0n) is 15.6. The third-order valence-electron chi connectivity index (χ3n) is 3.62. The molecule has 0 bridgehead atoms. The van der Waals surface area contributed by atoms with Crippen LogP contribution in [0.5, 0.6) is 11.5 Å². The molecule has 0 atom stereocenters. The van der Waals surface area contributed by atoms with E-state index in [0.717, 1.165) is 5.56 Å². The molecule has 0 saturated carbocycles. The van der Waals surface area contributed by atoms with Gasteiger partial charge in [-0.1, -0.05) is 0 Å². The Labute approximate surface area is 152 Å². The normalized spacial score (nSPS) is 12.2. The van der Waals surface area contributed by atoms with E-state index in [1.54, 1.807) is 27.3 Å². The van der Waals surface area contributed by atoms with Crippen molar-refractivity contribution >= 4 is 5.96 Å². The third kappa shape index (κ3) is 8.28. The summed E-state index contributed by atoms with van der Waals surface area (Å²) in [7, 11) is 6.26. The third-order valence-corrected chi connectivity index (χ3v) is 3.62. The summed E-state index contributed by atoms with van der Waals surface area (Å²) in [5, 5.41) is 6.23. The highest BCUT2D eigenvalue weighted by molar-refractivity contribution is 5.79. The van der Waals surface area contributed by atoms with Crippen molar-refractivity contribution in [2.24, 2.45) is 4.99 Å². The fourth-order valence-electron chi connectivity index (χ4n) is 2.34. The number of hydrogen-bond acceptors (Lipinski definition) is 4. The lowest BCUT2D eigenvalue weighted by molar-refractivity contribution is -0.143. The summed E-state index contributed by atoms with van der Waals surface area (Å²) < 4.78 is 47.3. The number of aliphatic imine (C=N–C) groups is 1. The van der Waals surface area contributed by atoms with Crippen molar-refractivity contribution in [3.63, 3.8) is 0 Å². The van der Waals surface area contributed by atoms with Crippen LogP contribution in [-0.2, 0) is 6.54 Å². The van der Waals surface area contributed by atoms with E-state index in [4.69, 9.17) is 9.47 Å². The number of hydrogen-bond donors (Lipinski definition) is 2. The molecule has 0 radical (unpaired) electrons. The van der Waals surface area contributed by atoms with E-state index in [9.17, 15) is 13.2 Å². The fraction of sp³-hybridized carbons (Fsp3) is 0.588. The molecule has 0 unspecified atom stereocenters. The number of nitrogens with zero attached hydrogens (tertiary/aromatic N) is 2. The van der Waals surface area contributed by atoms with Gasteiger partial charge < -0.3 is 20.1 Å². The molecular formula is C17H27F3N4O2. The van der Waals surface area contributed by atoms with Gasteiger partial charge >= 0.3 is 6.18 Å². The van der Waals surface area contributed by atoms with E-state index < -0.39 is 12.7 Å². The molecule has 26 heavy (non-hydrogen) atoms. The molecular weight excluding hydrogens is 349 g/mol. The van der Waals surface area contributed by atoms with Crippen LogP contribution in [-0.4, -0.2) is 65.0 Å². The lowest BCUT2D eigenvalue weighted by atomic mass is 10.2. The number of ether oxygens (including phenoxy) is 2. The standard InChI is InChI=1S/C17H27F3N4O2/c1-21-16(22-8-5-9-24(2)12-17(18,19)20)23-11-13-6-7-14(25-3)10-15(13)26-4/h6-7,10H,5,8-9,11-12H2,1-4H3,(H2,21,22,23). The van der Waals surface area contributed by atoms with E-state index >= 15 is 0 Å². The Hall–Kier alpha value is -2.16. The first-order valence-corrected chi connectivity index (χ1v) is 8.19. The average molecular weight is 376 g/mol. The molecule has 6 nitrogen and oxygen atoms in total. The number of alkyl halides is 3. The van der Waals surface area contributed by atoms with Gasteiger partial charge in [-0.3, -0.25) is 9.89 Å². The lowest BCUT2D eigenvalue weighted by Gasteiger charge is -2.19. The van der Waals surface area contributed by atoms with E-state index in [-0.39, 0.29) is 0 Å². The average Bonchev–Trinajstić information content (AvgIpc) is 2.59. The van der Waals surface area contributed by atoms with E-state index in [1.165, 1.54) is 11.9 Å². The summed E-state index contributed by atoms with van der Waals surface area (Å²) in [4.78, 5) is 5.35. The summed E-state index contributed by atoms with van der Waals surface area (Å²) in [6, 6.07) is 5.53. The van der Waals surface area contributed by atoms with Crippen molar-refractivity contribution in [1.29, 1.82) is 0 Å². The van der Waals surface area contributed by atoms with Crippen LogP contribution in [0.4, 0.5) is 13.2 Å². The van der Waals surface area contributed by atoms with Gasteiger partial charge in [-0.25, -0.2) is 0 Å². The molecule has 0 spiro atoms. The van der Waals surface area contributed by atoms with Crippen LogP contribution in [0.1, 0.15) is 12.0 Å². The summed E-state index contributed by atoms with van der Waals surface area (Å²) in [6.07, 6.45) is -3.60. The van der Waals surface area contributed by atoms with Crippen molar-refractivity contribution in [3.8, 4) is 11.5 Å². The second-order valence-electron chi connectivity index (χ2n) is 5.74. The molecule has 0 heterocycles. The minimum absolute atomic E-state index is 0.343. The first-order chi connectivity index (χ1) is 12.3. The van der Waals surface area contributed by atoms with Crippen LogP contribution in [0.25, 0.3) is 0 Å². The van der Waals surface area contributed by atoms with E-state index in [1.807, 2.05) is 12.1 Å². The summed E-state index contributed by atoms with van der Waals surface area (Å²) >= 11 is 0. The Morgan fingerprint density at radius 1 is 1.19 bits per heavy atom. The molecule has 0 fully saturated rings. The maximum Gasteiger partial charge on any atom is 0.401 e. The summed E-state index contributed by atoms with van der Waals surface area (Å²) in [5.74, 6) is 1.97. The van der Waals surface area contributed by atoms with Gasteiger partial charge in [0.05, 0.1) is 20.8 Å². The molecule has 0 aliphatic heterocycles. The highest BCUT2D eigenvalue weighted by Crippen LogP contribution is 2.24. The fourth-order valence-corrected chi connectivity index (χ4v) is 2.34. The lowest BCUT2D eigenvalue weighted by Crippen LogP contribution is -2.39. The Morgan fingerprint density at radius 3 is 2.50 bits per heavy atom. The van der Waals surface area contributed by atoms with Gasteiger partial charge in [-0.15, -0.1) is 0 Å². The van der Waals surface area contributed by atoms with Crippen LogP contribution >= 0.6 is 0 Å². The molecule has 1 aromatic rings. The van der Waals surface area contributed by atoms with Crippen LogP contribution in [0.2, 0.25) is 0 Å². The number of guanidine groups is 1. The van der Waals surface area contributed by atoms with Crippen molar-refractivity contribution in [1.82, 2.24) is 15.5 Å². The Kier molecular flexibility index (Phi) is 9.04. The summed E-state index contributed by atoms with van der Waals surface area (Å²) in [5.41, 5.74) is 0.932. The van der Waals surface area contributed by atoms with Crippen molar-refractivity contribution in [3.05, 3.63) is 23.8 Å². The van der Waals surface area contributed by atoms with Crippen LogP contribution in [0.15, 0.2) is 23.2 Å². The minimum atomic E-state index is -4.17. The molecule has 1 rings (SSSR count). The smallest absolute Gasteiger partial charge is 0.401 e. The van der Waals surface area contributed by atoms with Crippen LogP contribution in [0.3, 0.4) is 0 Å². The van der Waals surface area contributed by atoms with Gasteiger partial charge in [0.2, 0.25) is 0 Å². The zero-order valence-corrected chi connectivity index (χ0v) is 15.6. The van der Waals surface area contributed by atoms with Crippen molar-refractivity contribution < 1.29 is 22.6 Å². The molecule has 0 aliphatic rings. The van der Waals surface area contributed by atoms with Gasteiger partial charge in [0.25, 0.3) is 0 Å². The molecule has 2 N–H and O–H groups in total. The zero-order chi connectivity index (χ0) is 19.6. The van der Waals surface area contributed by atoms with Gasteiger partial charge in [0.15, 0.2) is 5.96 Å². The maximum atomic E-state index is 12.3. The number of halogens is 3. The molecule has 9 heteroatoms. The van der Waals surface area contributed by atoms with Crippen molar-refractivity contribution in [2.45, 2.75) is 19.1 Å². The molecule has 1 aromatic carbocycles. The first kappa shape index (κ1) is 21.9. The predicted molar refractivity (Wildman–Crippen MR) is 95.9 cm³/mol. The highest BCUT2D eigenvalue weighted by Gasteiger charge is 2.28. The summed E-state index contributed by atoms with van der Waals surface area (Å²) in [6.45, 7) is 0.440. The Balaban J connectivity index is 2.40. The SMILES string of the molecule is CN=C(NCCCN(C)CC(F)(F)F)NCc1ccc(OC)cc1OC. The van der Waals surface area contributed by atoms with Gasteiger partial charge in [0, 0.05) is 31.8 Å². The monoisotopic (exact) mass is 376 g/mol. The van der Waals surface area contributed by atoms with Gasteiger partial charge in [0.1, 0.15) is 11.5 Å². The van der Waals surface area contributed by atoms with E-state index in [0.29, 0.717) is 43.5 Å². The second kappa shape index (κ2) is 10.7. The topological polar surface area (TPSA) is 58.1 Å². The van der Waals surface area contributed by atoms with Crippen molar-refractivity contribution in [2.75, 3.05) is 47.9 Å². The molecule has 0 aromatic heterocycles. The predicted octanol–water partition coefficient (Wildman–Crippen LogP) is 2.25. The molecule has 0 saturated heterocycles. The highest BCUT2D eigenvalue weighted by atomic mass is 19.4. The number of methoxy groups -OCH3 is 2. The quantitative estimate of drug-likeness (QED) is 0.393. The molecule has 148 valence electrons. The van der Waals surface area contributed by atoms with Crippen LogP contribution < -0.4 is 20.1 Å².